The van der Waals surface area contributed by atoms with Gasteiger partial charge in [0.2, 0.25) is 0 Å². The van der Waals surface area contributed by atoms with E-state index in [1.165, 1.54) is 32.1 Å². The first kappa shape index (κ1) is 54.6. The van der Waals surface area contributed by atoms with Gasteiger partial charge in [-0.2, -0.15) is 0 Å². The Balaban J connectivity index is 2.49. The van der Waals surface area contributed by atoms with Crippen LogP contribution in [0.5, 0.6) is 0 Å². The van der Waals surface area contributed by atoms with Gasteiger partial charge >= 0.3 is 19.8 Å². The van der Waals surface area contributed by atoms with Crippen LogP contribution in [0.3, 0.4) is 0 Å². The first-order chi connectivity index (χ1) is 28.4. The van der Waals surface area contributed by atoms with E-state index in [1.54, 1.807) is 0 Å². The maximum absolute atomic E-state index is 12.8. The van der Waals surface area contributed by atoms with Gasteiger partial charge in [0.25, 0.3) is 0 Å². The van der Waals surface area contributed by atoms with E-state index in [-0.39, 0.29) is 12.8 Å². The molecule has 1 aliphatic rings. The topological polar surface area (TPSA) is 210 Å². The lowest BCUT2D eigenvalue weighted by atomic mass is 9.85. The fraction of sp³-hybridized carbons (Fsp3) is 0.733. The Bertz CT molecular complexity index is 1270. The van der Waals surface area contributed by atoms with Crippen molar-refractivity contribution >= 4 is 19.8 Å². The lowest BCUT2D eigenvalue weighted by Crippen LogP contribution is -2.64. The predicted octanol–water partition coefficient (Wildman–Crippen LogP) is 8.16. The minimum absolute atomic E-state index is 0.0760. The van der Waals surface area contributed by atoms with Crippen LogP contribution in [0.4, 0.5) is 0 Å². The molecule has 0 aromatic heterocycles. The number of unbranched alkanes of at least 4 members (excludes halogenated alkanes) is 13. The predicted molar refractivity (Wildman–Crippen MR) is 230 cm³/mol. The highest BCUT2D eigenvalue weighted by Gasteiger charge is 2.51. The number of phosphoric ester groups is 1. The molecule has 13 nitrogen and oxygen atoms in total. The van der Waals surface area contributed by atoms with E-state index in [1.807, 2.05) is 0 Å². The van der Waals surface area contributed by atoms with Gasteiger partial charge < -0.3 is 39.9 Å². The zero-order valence-corrected chi connectivity index (χ0v) is 36.7. The van der Waals surface area contributed by atoms with Crippen LogP contribution in [0.1, 0.15) is 155 Å². The number of esters is 2. The summed E-state index contributed by atoms with van der Waals surface area (Å²) in [7, 11) is -5.13. The SMILES string of the molecule is CCCC/C=C/CCCCCCCC(=O)O[C@H](COC(=O)CCCCC/C=C/C/C=C/C/C=C/C/C=C/CCCCC)COP(=O)(O)OC1C(O)C(O)C(O)[C@@H](O)C1O. The molecule has 0 aliphatic heterocycles. The molecular weight excluding hydrogens is 779 g/mol. The second kappa shape index (κ2) is 35.2. The van der Waals surface area contributed by atoms with Crippen molar-refractivity contribution in [1.29, 1.82) is 0 Å². The third-order valence-corrected chi connectivity index (χ3v) is 10.8. The first-order valence-electron chi connectivity index (χ1n) is 22.1. The first-order valence-corrected chi connectivity index (χ1v) is 23.6. The Labute approximate surface area is 353 Å². The number of ether oxygens (including phenoxy) is 2. The van der Waals surface area contributed by atoms with Gasteiger partial charge in [-0.25, -0.2) is 4.57 Å². The normalized spacial score (nSPS) is 22.9. The fourth-order valence-corrected chi connectivity index (χ4v) is 7.16. The Morgan fingerprint density at radius 3 is 1.47 bits per heavy atom. The number of aliphatic hydroxyl groups is 5. The number of phosphoric acid groups is 1. The summed E-state index contributed by atoms with van der Waals surface area (Å²) in [6, 6.07) is 0. The molecule has 6 unspecified atom stereocenters. The van der Waals surface area contributed by atoms with Crippen molar-refractivity contribution in [3.05, 3.63) is 60.8 Å². The molecule has 1 fully saturated rings. The zero-order valence-electron chi connectivity index (χ0n) is 35.8. The number of hydrogen-bond acceptors (Lipinski definition) is 12. The summed E-state index contributed by atoms with van der Waals surface area (Å²) in [5.74, 6) is -1.15. The van der Waals surface area contributed by atoms with Crippen LogP contribution in [0.2, 0.25) is 0 Å². The number of carbonyl (C=O) groups excluding carboxylic acids is 2. The molecule has 59 heavy (non-hydrogen) atoms. The zero-order chi connectivity index (χ0) is 43.6. The molecule has 6 N–H and O–H groups in total. The number of hydrogen-bond donors (Lipinski definition) is 6. The van der Waals surface area contributed by atoms with E-state index in [2.05, 4.69) is 74.6 Å². The molecule has 0 amide bonds. The molecular formula is C45H77O13P. The number of rotatable bonds is 35. The average molecular weight is 857 g/mol. The van der Waals surface area contributed by atoms with Crippen LogP contribution < -0.4 is 0 Å². The molecule has 0 aromatic carbocycles. The van der Waals surface area contributed by atoms with Crippen molar-refractivity contribution in [2.45, 2.75) is 198 Å². The second-order valence-corrected chi connectivity index (χ2v) is 16.6. The van der Waals surface area contributed by atoms with E-state index >= 15 is 0 Å². The van der Waals surface area contributed by atoms with Crippen LogP contribution in [0.15, 0.2) is 60.8 Å². The van der Waals surface area contributed by atoms with Crippen LogP contribution in [-0.4, -0.2) is 98.3 Å². The van der Waals surface area contributed by atoms with E-state index in [0.717, 1.165) is 83.5 Å². The molecule has 1 saturated carbocycles. The van der Waals surface area contributed by atoms with Gasteiger partial charge in [0, 0.05) is 12.8 Å². The van der Waals surface area contributed by atoms with Crippen molar-refractivity contribution in [3.63, 3.8) is 0 Å². The standard InChI is InChI=1S/C45H77O13P/c1-3-5-7-9-11-13-15-16-17-18-19-20-21-22-24-25-27-29-31-33-38(46)55-35-37(57-39(47)34-32-30-28-26-23-14-12-10-8-6-4-2)36-56-59(53,54)58-45-43(51)41(49)40(48)42(50)44(45)52/h10-13,16-17,19-20,22,24,37,40-45,48-52H,3-9,14-15,18,21,23,25-36H2,1-2H3,(H,53,54)/b12-10+,13-11+,17-16+,20-19+,24-22+/t37-,40?,41-,42?,43?,44?,45?/m1/s1. The molecule has 0 spiro atoms. The molecule has 1 rings (SSSR count). The van der Waals surface area contributed by atoms with Gasteiger partial charge in [0.05, 0.1) is 6.61 Å². The van der Waals surface area contributed by atoms with Gasteiger partial charge in [0.1, 0.15) is 43.2 Å². The summed E-state index contributed by atoms with van der Waals surface area (Å²) in [5.41, 5.74) is 0. The molecule has 0 aromatic rings. The highest BCUT2D eigenvalue weighted by atomic mass is 31.2. The Hall–Kier alpha value is -2.45. The van der Waals surface area contributed by atoms with Gasteiger partial charge in [-0.05, 0) is 77.0 Å². The van der Waals surface area contributed by atoms with Crippen molar-refractivity contribution in [2.24, 2.45) is 0 Å². The van der Waals surface area contributed by atoms with E-state index in [0.29, 0.717) is 12.8 Å². The summed E-state index contributed by atoms with van der Waals surface area (Å²) in [6.45, 7) is 3.17. The number of aliphatic hydroxyl groups excluding tert-OH is 5. The summed E-state index contributed by atoms with van der Waals surface area (Å²) < 4.78 is 33.4. The largest absolute Gasteiger partial charge is 0.472 e. The average Bonchev–Trinajstić information content (AvgIpc) is 3.21. The van der Waals surface area contributed by atoms with Crippen LogP contribution in [0, 0.1) is 0 Å². The molecule has 0 saturated heterocycles. The fourth-order valence-electron chi connectivity index (χ4n) is 6.19. The highest BCUT2D eigenvalue weighted by Crippen LogP contribution is 2.47. The van der Waals surface area contributed by atoms with E-state index < -0.39 is 75.7 Å². The molecule has 340 valence electrons. The van der Waals surface area contributed by atoms with Gasteiger partial charge in [-0.3, -0.25) is 18.6 Å². The number of allylic oxidation sites excluding steroid dienone is 10. The molecule has 0 bridgehead atoms. The number of carbonyl (C=O) groups is 2. The summed E-state index contributed by atoms with van der Waals surface area (Å²) in [6.07, 6.45) is 28.6. The summed E-state index contributed by atoms with van der Waals surface area (Å²) >= 11 is 0. The summed E-state index contributed by atoms with van der Waals surface area (Å²) in [5, 5.41) is 50.0. The van der Waals surface area contributed by atoms with E-state index in [9.17, 15) is 44.6 Å². The molecule has 14 heteroatoms. The van der Waals surface area contributed by atoms with Crippen molar-refractivity contribution in [2.75, 3.05) is 13.2 Å². The van der Waals surface area contributed by atoms with Gasteiger partial charge in [-0.1, -0.05) is 126 Å². The quantitative estimate of drug-likeness (QED) is 0.0154. The maximum Gasteiger partial charge on any atom is 0.472 e. The third-order valence-electron chi connectivity index (χ3n) is 9.83. The Morgan fingerprint density at radius 2 is 0.932 bits per heavy atom. The lowest BCUT2D eigenvalue weighted by Gasteiger charge is -2.41. The van der Waals surface area contributed by atoms with E-state index in [4.69, 9.17) is 18.5 Å². The highest BCUT2D eigenvalue weighted by molar-refractivity contribution is 7.47. The van der Waals surface area contributed by atoms with Crippen LogP contribution in [0.25, 0.3) is 0 Å². The molecule has 0 radical (unpaired) electrons. The van der Waals surface area contributed by atoms with Crippen molar-refractivity contribution in [3.8, 4) is 0 Å². The smallest absolute Gasteiger partial charge is 0.462 e. The minimum atomic E-state index is -5.13. The Kier molecular flexibility index (Phi) is 32.5. The van der Waals surface area contributed by atoms with Gasteiger partial charge in [-0.15, -0.1) is 0 Å². The van der Waals surface area contributed by atoms with Crippen LogP contribution >= 0.6 is 7.82 Å². The molecule has 1 aliphatic carbocycles. The molecule has 0 heterocycles. The Morgan fingerprint density at radius 1 is 0.525 bits per heavy atom. The second-order valence-electron chi connectivity index (χ2n) is 15.2. The van der Waals surface area contributed by atoms with Gasteiger partial charge in [0.15, 0.2) is 6.10 Å². The monoisotopic (exact) mass is 857 g/mol. The lowest BCUT2D eigenvalue weighted by molar-refractivity contribution is -0.220. The van der Waals surface area contributed by atoms with Crippen molar-refractivity contribution < 1.29 is 63.1 Å². The summed E-state index contributed by atoms with van der Waals surface area (Å²) in [4.78, 5) is 35.6. The minimum Gasteiger partial charge on any atom is -0.462 e. The van der Waals surface area contributed by atoms with Crippen molar-refractivity contribution in [1.82, 2.24) is 0 Å². The third kappa shape index (κ3) is 27.9. The maximum atomic E-state index is 12.8. The van der Waals surface area contributed by atoms with Crippen LogP contribution in [-0.2, 0) is 32.7 Å². The molecule has 8 atom stereocenters.